The van der Waals surface area contributed by atoms with Gasteiger partial charge in [-0.3, -0.25) is 4.79 Å². The van der Waals surface area contributed by atoms with Crippen LogP contribution >= 0.6 is 0 Å². The molecule has 4 rings (SSSR count). The van der Waals surface area contributed by atoms with Gasteiger partial charge in [0.15, 0.2) is 0 Å². The summed E-state index contributed by atoms with van der Waals surface area (Å²) in [5, 5.41) is 0. The molecule has 0 spiro atoms. The van der Waals surface area contributed by atoms with E-state index in [0.717, 1.165) is 42.9 Å². The van der Waals surface area contributed by atoms with Crippen molar-refractivity contribution in [2.75, 3.05) is 38.5 Å². The first-order valence-corrected chi connectivity index (χ1v) is 10.8. The average Bonchev–Trinajstić information content (AvgIpc) is 2.77. The third-order valence-electron chi connectivity index (χ3n) is 5.97. The van der Waals surface area contributed by atoms with E-state index in [2.05, 4.69) is 11.0 Å². The van der Waals surface area contributed by atoms with Crippen molar-refractivity contribution in [3.8, 4) is 5.75 Å². The Bertz CT molecular complexity index is 829. The van der Waals surface area contributed by atoms with Gasteiger partial charge in [-0.05, 0) is 86.3 Å². The number of hydrogen-bond donors (Lipinski definition) is 1. The van der Waals surface area contributed by atoms with Gasteiger partial charge in [0, 0.05) is 30.9 Å². The number of fused-ring (bicyclic) bond motifs is 1. The number of likely N-dealkylation sites (tertiary alicyclic amines) is 1. The lowest BCUT2D eigenvalue weighted by molar-refractivity contribution is 0.0734. The van der Waals surface area contributed by atoms with Crippen LogP contribution < -0.4 is 10.5 Å². The molecule has 1 fully saturated rings. The Kier molecular flexibility index (Phi) is 6.35. The zero-order valence-corrected chi connectivity index (χ0v) is 17.1. The second-order valence-electron chi connectivity index (χ2n) is 8.13. The van der Waals surface area contributed by atoms with Crippen molar-refractivity contribution < 1.29 is 9.53 Å². The Hall–Kier alpha value is -2.53. The quantitative estimate of drug-likeness (QED) is 0.600. The fraction of sp³-hybridized carbons (Fsp3) is 0.458. The Balaban J connectivity index is 1.27. The maximum absolute atomic E-state index is 12.9. The molecule has 0 unspecified atom stereocenters. The molecule has 2 aliphatic rings. The van der Waals surface area contributed by atoms with Gasteiger partial charge in [0.2, 0.25) is 0 Å². The molecule has 29 heavy (non-hydrogen) atoms. The molecule has 0 saturated carbocycles. The monoisotopic (exact) mass is 393 g/mol. The fourth-order valence-electron chi connectivity index (χ4n) is 4.29. The number of nitrogen functional groups attached to an aromatic ring is 1. The molecule has 1 saturated heterocycles. The lowest BCUT2D eigenvalue weighted by Crippen LogP contribution is -2.36. The molecule has 2 heterocycles. The number of hydrogen-bond acceptors (Lipinski definition) is 4. The van der Waals surface area contributed by atoms with Crippen molar-refractivity contribution in [1.29, 1.82) is 0 Å². The molecule has 0 aliphatic carbocycles. The number of benzene rings is 2. The first kappa shape index (κ1) is 19.8. The summed E-state index contributed by atoms with van der Waals surface area (Å²) in [4.78, 5) is 17.3. The van der Waals surface area contributed by atoms with Gasteiger partial charge < -0.3 is 20.3 Å². The third-order valence-corrected chi connectivity index (χ3v) is 5.97. The summed E-state index contributed by atoms with van der Waals surface area (Å²) < 4.78 is 5.87. The third kappa shape index (κ3) is 5.10. The minimum Gasteiger partial charge on any atom is -0.494 e. The van der Waals surface area contributed by atoms with E-state index in [4.69, 9.17) is 10.5 Å². The molecule has 0 radical (unpaired) electrons. The Morgan fingerprint density at radius 3 is 2.55 bits per heavy atom. The minimum atomic E-state index is 0.0646. The van der Waals surface area contributed by atoms with Gasteiger partial charge in [-0.1, -0.05) is 12.5 Å². The highest BCUT2D eigenvalue weighted by atomic mass is 16.5. The van der Waals surface area contributed by atoms with E-state index in [1.165, 1.54) is 37.9 Å². The number of anilines is 1. The summed E-state index contributed by atoms with van der Waals surface area (Å²) in [6.45, 7) is 5.64. The summed E-state index contributed by atoms with van der Waals surface area (Å²) in [5.74, 6) is 0.895. The largest absolute Gasteiger partial charge is 0.494 e. The lowest BCUT2D eigenvalue weighted by atomic mass is 9.98. The minimum absolute atomic E-state index is 0.0646. The van der Waals surface area contributed by atoms with E-state index in [1.54, 1.807) is 0 Å². The molecule has 154 valence electrons. The number of piperidine rings is 1. The van der Waals surface area contributed by atoms with Gasteiger partial charge in [-0.25, -0.2) is 0 Å². The zero-order chi connectivity index (χ0) is 20.1. The molecule has 2 aromatic rings. The maximum atomic E-state index is 12.9. The standard InChI is InChI=1S/C24H31N3O2/c25-22-8-5-19-11-15-27(18-21(19)17-22)24(28)20-6-9-23(10-7-20)29-16-4-14-26-12-2-1-3-13-26/h5-10,17H,1-4,11-16,18,25H2. The Morgan fingerprint density at radius 1 is 0.966 bits per heavy atom. The van der Waals surface area contributed by atoms with E-state index in [9.17, 15) is 4.79 Å². The van der Waals surface area contributed by atoms with Crippen LogP contribution in [0.2, 0.25) is 0 Å². The Labute approximate surface area is 173 Å². The van der Waals surface area contributed by atoms with Crippen molar-refractivity contribution in [3.05, 3.63) is 59.2 Å². The second kappa shape index (κ2) is 9.31. The van der Waals surface area contributed by atoms with Crippen LogP contribution in [0.5, 0.6) is 5.75 Å². The number of carbonyl (C=O) groups is 1. The summed E-state index contributed by atoms with van der Waals surface area (Å²) in [5.41, 5.74) is 9.80. The van der Waals surface area contributed by atoms with Gasteiger partial charge in [0.05, 0.1) is 6.61 Å². The number of nitrogens with two attached hydrogens (primary N) is 1. The lowest BCUT2D eigenvalue weighted by Gasteiger charge is -2.29. The smallest absolute Gasteiger partial charge is 0.254 e. The van der Waals surface area contributed by atoms with Crippen molar-refractivity contribution in [3.63, 3.8) is 0 Å². The SMILES string of the molecule is Nc1ccc2c(c1)CN(C(=O)c1ccc(OCCCN3CCCCC3)cc1)CC2. The molecule has 0 atom stereocenters. The first-order chi connectivity index (χ1) is 14.2. The molecule has 1 amide bonds. The Morgan fingerprint density at radius 2 is 1.76 bits per heavy atom. The molecule has 2 aromatic carbocycles. The topological polar surface area (TPSA) is 58.8 Å². The zero-order valence-electron chi connectivity index (χ0n) is 17.1. The first-order valence-electron chi connectivity index (χ1n) is 10.8. The predicted octanol–water partition coefficient (Wildman–Crippen LogP) is 3.72. The van der Waals surface area contributed by atoms with Gasteiger partial charge in [-0.2, -0.15) is 0 Å². The molecule has 5 nitrogen and oxygen atoms in total. The summed E-state index contributed by atoms with van der Waals surface area (Å²) in [6, 6.07) is 13.5. The van der Waals surface area contributed by atoms with Crippen LogP contribution in [0.25, 0.3) is 0 Å². The van der Waals surface area contributed by atoms with Gasteiger partial charge >= 0.3 is 0 Å². The normalized spacial score (nSPS) is 17.0. The summed E-state index contributed by atoms with van der Waals surface area (Å²) in [7, 11) is 0. The van der Waals surface area contributed by atoms with Crippen LogP contribution in [0, 0.1) is 0 Å². The van der Waals surface area contributed by atoms with Crippen molar-refractivity contribution in [2.24, 2.45) is 0 Å². The summed E-state index contributed by atoms with van der Waals surface area (Å²) in [6.07, 6.45) is 5.94. The highest BCUT2D eigenvalue weighted by Gasteiger charge is 2.22. The fourth-order valence-corrected chi connectivity index (χ4v) is 4.29. The molecule has 5 heteroatoms. The van der Waals surface area contributed by atoms with Crippen molar-refractivity contribution in [1.82, 2.24) is 9.80 Å². The van der Waals surface area contributed by atoms with Gasteiger partial charge in [0.25, 0.3) is 5.91 Å². The maximum Gasteiger partial charge on any atom is 0.254 e. The molecule has 2 N–H and O–H groups in total. The van der Waals surface area contributed by atoms with Gasteiger partial charge in [-0.15, -0.1) is 0 Å². The number of nitrogens with zero attached hydrogens (tertiary/aromatic N) is 2. The van der Waals surface area contributed by atoms with E-state index in [1.807, 2.05) is 41.3 Å². The molecular weight excluding hydrogens is 362 g/mol. The second-order valence-corrected chi connectivity index (χ2v) is 8.13. The number of ether oxygens (including phenoxy) is 1. The van der Waals surface area contributed by atoms with Crippen molar-refractivity contribution >= 4 is 11.6 Å². The van der Waals surface area contributed by atoms with Crippen LogP contribution in [0.15, 0.2) is 42.5 Å². The van der Waals surface area contributed by atoms with E-state index in [-0.39, 0.29) is 5.91 Å². The summed E-state index contributed by atoms with van der Waals surface area (Å²) >= 11 is 0. The average molecular weight is 394 g/mol. The number of amides is 1. The van der Waals surface area contributed by atoms with Crippen LogP contribution in [-0.2, 0) is 13.0 Å². The van der Waals surface area contributed by atoms with E-state index in [0.29, 0.717) is 18.7 Å². The van der Waals surface area contributed by atoms with E-state index >= 15 is 0 Å². The van der Waals surface area contributed by atoms with Crippen LogP contribution in [0.3, 0.4) is 0 Å². The number of carbonyl (C=O) groups excluding carboxylic acids is 1. The van der Waals surface area contributed by atoms with Crippen LogP contribution in [-0.4, -0.2) is 48.5 Å². The van der Waals surface area contributed by atoms with Crippen LogP contribution in [0.1, 0.15) is 47.2 Å². The number of rotatable bonds is 6. The van der Waals surface area contributed by atoms with Crippen molar-refractivity contribution in [2.45, 2.75) is 38.6 Å². The predicted molar refractivity (Wildman–Crippen MR) is 116 cm³/mol. The molecule has 2 aliphatic heterocycles. The van der Waals surface area contributed by atoms with Crippen LogP contribution in [0.4, 0.5) is 5.69 Å². The highest BCUT2D eigenvalue weighted by molar-refractivity contribution is 5.94. The molecular formula is C24H31N3O2. The van der Waals surface area contributed by atoms with Gasteiger partial charge in [0.1, 0.15) is 5.75 Å². The molecule has 0 bridgehead atoms. The van der Waals surface area contributed by atoms with E-state index < -0.39 is 0 Å². The highest BCUT2D eigenvalue weighted by Crippen LogP contribution is 2.23. The molecule has 0 aromatic heterocycles.